The summed E-state index contributed by atoms with van der Waals surface area (Å²) in [6, 6.07) is 6.52. The van der Waals surface area contributed by atoms with Crippen molar-refractivity contribution in [2.45, 2.75) is 25.8 Å². The van der Waals surface area contributed by atoms with Crippen LogP contribution in [0.15, 0.2) is 18.2 Å². The molecule has 1 fully saturated rings. The number of aryl methyl sites for hydroxylation is 1. The molecule has 1 aliphatic rings. The predicted octanol–water partition coefficient (Wildman–Crippen LogP) is 2.09. The summed E-state index contributed by atoms with van der Waals surface area (Å²) in [7, 11) is 5.94. The van der Waals surface area contributed by atoms with Gasteiger partial charge in [0.1, 0.15) is 5.82 Å². The number of hydrogen-bond donors (Lipinski definition) is 1. The average molecular weight is 211 g/mol. The molecule has 0 spiro atoms. The fourth-order valence-electron chi connectivity index (χ4n) is 2.38. The lowest BCUT2D eigenvalue weighted by atomic mass is 10.2. The molecule has 3 rings (SSSR count). The van der Waals surface area contributed by atoms with Crippen molar-refractivity contribution in [3.8, 4) is 0 Å². The Morgan fingerprint density at radius 1 is 1.50 bits per heavy atom. The minimum atomic E-state index is 0.257. The van der Waals surface area contributed by atoms with Crippen molar-refractivity contribution in [3.05, 3.63) is 29.6 Å². The minimum absolute atomic E-state index is 0.257. The van der Waals surface area contributed by atoms with E-state index in [1.54, 1.807) is 0 Å². The van der Waals surface area contributed by atoms with Crippen LogP contribution < -0.4 is 0 Å². The number of nitrogens with one attached hydrogen (secondary N) is 1. The van der Waals surface area contributed by atoms with Crippen LogP contribution in [0, 0.1) is 6.92 Å². The lowest BCUT2D eigenvalue weighted by Crippen LogP contribution is -2.20. The average Bonchev–Trinajstić information content (AvgIpc) is 2.82. The molecule has 16 heavy (non-hydrogen) atoms. The lowest BCUT2D eigenvalue weighted by Gasteiger charge is -2.16. The van der Waals surface area contributed by atoms with Gasteiger partial charge in [-0.25, -0.2) is 4.98 Å². The van der Waals surface area contributed by atoms with Gasteiger partial charge in [-0.15, -0.1) is 0 Å². The van der Waals surface area contributed by atoms with E-state index in [0.29, 0.717) is 0 Å². The standard InChI is InChI=1S/C12H14BN3/c1-8-4-5-9-10(7-8)15-12(14-9)11-3-2-6-16(11)13/h4-5,7,11H,2-3,6H2,1H3,(H,14,15)/t11-/m0/s1. The van der Waals surface area contributed by atoms with Crippen LogP contribution in [0.3, 0.4) is 0 Å². The number of rotatable bonds is 1. The third-order valence-corrected chi connectivity index (χ3v) is 3.27. The van der Waals surface area contributed by atoms with Crippen molar-refractivity contribution >= 4 is 19.0 Å². The summed E-state index contributed by atoms with van der Waals surface area (Å²) in [5, 5.41) is 0. The molecule has 80 valence electrons. The zero-order valence-electron chi connectivity index (χ0n) is 9.40. The van der Waals surface area contributed by atoms with E-state index in [1.807, 2.05) is 4.81 Å². The van der Waals surface area contributed by atoms with Crippen molar-refractivity contribution in [1.29, 1.82) is 0 Å². The second kappa shape index (κ2) is 3.63. The number of H-pyrrole nitrogens is 1. The summed E-state index contributed by atoms with van der Waals surface area (Å²) >= 11 is 0. The molecule has 1 saturated heterocycles. The van der Waals surface area contributed by atoms with Crippen LogP contribution in [-0.2, 0) is 0 Å². The van der Waals surface area contributed by atoms with Crippen LogP contribution in [0.4, 0.5) is 0 Å². The molecule has 0 saturated carbocycles. The van der Waals surface area contributed by atoms with E-state index in [9.17, 15) is 0 Å². The van der Waals surface area contributed by atoms with Crippen LogP contribution in [0.2, 0.25) is 0 Å². The maximum atomic E-state index is 5.94. The Bertz CT molecular complexity index is 520. The van der Waals surface area contributed by atoms with E-state index < -0.39 is 0 Å². The van der Waals surface area contributed by atoms with Crippen molar-refractivity contribution in [2.75, 3.05) is 6.54 Å². The first-order valence-electron chi connectivity index (χ1n) is 5.71. The van der Waals surface area contributed by atoms with E-state index in [2.05, 4.69) is 35.1 Å². The zero-order chi connectivity index (χ0) is 11.1. The summed E-state index contributed by atoms with van der Waals surface area (Å²) < 4.78 is 0. The molecule has 2 aromatic rings. The Morgan fingerprint density at radius 3 is 3.12 bits per heavy atom. The summed E-state index contributed by atoms with van der Waals surface area (Å²) in [4.78, 5) is 9.86. The van der Waals surface area contributed by atoms with Crippen molar-refractivity contribution in [1.82, 2.24) is 14.8 Å². The van der Waals surface area contributed by atoms with Crippen LogP contribution in [0.1, 0.15) is 30.3 Å². The monoisotopic (exact) mass is 211 g/mol. The number of benzene rings is 1. The van der Waals surface area contributed by atoms with E-state index in [-0.39, 0.29) is 6.04 Å². The Kier molecular flexibility index (Phi) is 2.25. The zero-order valence-corrected chi connectivity index (χ0v) is 9.40. The maximum absolute atomic E-state index is 5.94. The Hall–Kier alpha value is -1.29. The maximum Gasteiger partial charge on any atom is 0.183 e. The topological polar surface area (TPSA) is 31.9 Å². The number of hydrogen-bond acceptors (Lipinski definition) is 2. The third-order valence-electron chi connectivity index (χ3n) is 3.27. The number of aromatic nitrogens is 2. The van der Waals surface area contributed by atoms with Crippen LogP contribution in [0.25, 0.3) is 11.0 Å². The van der Waals surface area contributed by atoms with Gasteiger partial charge in [0.2, 0.25) is 0 Å². The van der Waals surface area contributed by atoms with Gasteiger partial charge in [0.15, 0.2) is 7.98 Å². The predicted molar refractivity (Wildman–Crippen MR) is 65.3 cm³/mol. The van der Waals surface area contributed by atoms with Gasteiger partial charge in [-0.2, -0.15) is 0 Å². The highest BCUT2D eigenvalue weighted by Gasteiger charge is 2.24. The van der Waals surface area contributed by atoms with E-state index in [0.717, 1.165) is 36.2 Å². The Labute approximate surface area is 96.3 Å². The summed E-state index contributed by atoms with van der Waals surface area (Å²) in [5.41, 5.74) is 3.38. The molecule has 2 radical (unpaired) electrons. The number of fused-ring (bicyclic) bond motifs is 1. The fourth-order valence-corrected chi connectivity index (χ4v) is 2.38. The smallest absolute Gasteiger partial charge is 0.183 e. The number of imidazole rings is 1. The van der Waals surface area contributed by atoms with Crippen molar-refractivity contribution < 1.29 is 0 Å². The molecule has 2 heterocycles. The summed E-state index contributed by atoms with van der Waals surface area (Å²) in [5.74, 6) is 1.00. The molecule has 4 heteroatoms. The molecule has 0 amide bonds. The van der Waals surface area contributed by atoms with Gasteiger partial charge in [-0.05, 0) is 44.0 Å². The fraction of sp³-hybridized carbons (Fsp3) is 0.417. The molecule has 1 aliphatic heterocycles. The van der Waals surface area contributed by atoms with E-state index >= 15 is 0 Å². The molecule has 1 N–H and O–H groups in total. The highest BCUT2D eigenvalue weighted by molar-refractivity contribution is 6.04. The number of nitrogens with zero attached hydrogens (tertiary/aromatic N) is 2. The Balaban J connectivity index is 2.04. The van der Waals surface area contributed by atoms with Crippen LogP contribution >= 0.6 is 0 Å². The second-order valence-electron chi connectivity index (χ2n) is 4.54. The second-order valence-corrected chi connectivity index (χ2v) is 4.54. The normalized spacial score (nSPS) is 21.9. The first-order valence-corrected chi connectivity index (χ1v) is 5.71. The SMILES string of the molecule is [B]N1CCC[C@H]1c1nc2ccc(C)cc2[nH]1. The highest BCUT2D eigenvalue weighted by Crippen LogP contribution is 2.29. The first-order chi connectivity index (χ1) is 7.74. The largest absolute Gasteiger partial charge is 0.345 e. The molecule has 3 nitrogen and oxygen atoms in total. The van der Waals surface area contributed by atoms with Gasteiger partial charge < -0.3 is 9.79 Å². The van der Waals surface area contributed by atoms with Gasteiger partial charge in [-0.3, -0.25) is 0 Å². The van der Waals surface area contributed by atoms with Crippen molar-refractivity contribution in [2.24, 2.45) is 0 Å². The summed E-state index contributed by atoms with van der Waals surface area (Å²) in [6.45, 7) is 3.05. The molecule has 1 atom stereocenters. The molecular weight excluding hydrogens is 197 g/mol. The molecule has 1 aromatic carbocycles. The van der Waals surface area contributed by atoms with Crippen LogP contribution in [-0.4, -0.2) is 29.3 Å². The minimum Gasteiger partial charge on any atom is -0.345 e. The van der Waals surface area contributed by atoms with Gasteiger partial charge in [0.05, 0.1) is 17.1 Å². The lowest BCUT2D eigenvalue weighted by molar-refractivity contribution is 0.419. The van der Waals surface area contributed by atoms with Crippen molar-refractivity contribution in [3.63, 3.8) is 0 Å². The van der Waals surface area contributed by atoms with Gasteiger partial charge in [0, 0.05) is 0 Å². The quantitative estimate of drug-likeness (QED) is 0.732. The number of aromatic amines is 1. The van der Waals surface area contributed by atoms with Gasteiger partial charge >= 0.3 is 0 Å². The first kappa shape index (κ1) is 9.91. The van der Waals surface area contributed by atoms with E-state index in [4.69, 9.17) is 7.98 Å². The molecule has 0 bridgehead atoms. The van der Waals surface area contributed by atoms with Crippen LogP contribution in [0.5, 0.6) is 0 Å². The molecular formula is C12H14BN3. The Morgan fingerprint density at radius 2 is 2.38 bits per heavy atom. The molecule has 0 unspecified atom stereocenters. The van der Waals surface area contributed by atoms with Gasteiger partial charge in [-0.1, -0.05) is 6.07 Å². The molecule has 1 aromatic heterocycles. The van der Waals surface area contributed by atoms with Gasteiger partial charge in [0.25, 0.3) is 0 Å². The van der Waals surface area contributed by atoms with E-state index in [1.165, 1.54) is 5.56 Å². The third kappa shape index (κ3) is 1.54. The highest BCUT2D eigenvalue weighted by atomic mass is 15.1. The summed E-state index contributed by atoms with van der Waals surface area (Å²) in [6.07, 6.45) is 2.24. The molecule has 0 aliphatic carbocycles.